The average Bonchev–Trinajstić information content (AvgIpc) is 3.29. The van der Waals surface area contributed by atoms with Crippen molar-refractivity contribution in [3.05, 3.63) is 77.3 Å². The van der Waals surface area contributed by atoms with Crippen LogP contribution in [0.15, 0.2) is 66.7 Å². The number of fused-ring (bicyclic) bond motifs is 1. The number of halogens is 1. The molecule has 0 spiro atoms. The van der Waals surface area contributed by atoms with E-state index >= 15 is 0 Å². The van der Waals surface area contributed by atoms with E-state index in [2.05, 4.69) is 4.90 Å². The fourth-order valence-corrected chi connectivity index (χ4v) is 5.11. The van der Waals surface area contributed by atoms with Gasteiger partial charge in [0.05, 0.1) is 16.8 Å². The van der Waals surface area contributed by atoms with Gasteiger partial charge in [-0.2, -0.15) is 0 Å². The number of ether oxygens (including phenoxy) is 2. The number of benzene rings is 3. The molecule has 5 rings (SSSR count). The summed E-state index contributed by atoms with van der Waals surface area (Å²) in [7, 11) is 1.60. The Morgan fingerprint density at radius 2 is 1.73 bits per heavy atom. The van der Waals surface area contributed by atoms with Crippen molar-refractivity contribution in [1.82, 2.24) is 9.88 Å². The number of piperazine rings is 1. The third-order valence-corrected chi connectivity index (χ3v) is 6.94. The normalized spacial score (nSPS) is 13.9. The maximum atomic E-state index is 13.1. The van der Waals surface area contributed by atoms with Crippen LogP contribution >= 0.6 is 22.9 Å². The van der Waals surface area contributed by atoms with Crippen molar-refractivity contribution in [3.8, 4) is 17.2 Å². The van der Waals surface area contributed by atoms with E-state index in [9.17, 15) is 4.79 Å². The molecule has 1 fully saturated rings. The number of anilines is 1. The fraction of sp³-hybridized carbons (Fsp3) is 0.200. The van der Waals surface area contributed by atoms with Crippen molar-refractivity contribution < 1.29 is 14.3 Å². The second-order valence-corrected chi connectivity index (χ2v) is 9.06. The summed E-state index contributed by atoms with van der Waals surface area (Å²) in [6, 6.07) is 20.7. The zero-order valence-electron chi connectivity index (χ0n) is 18.0. The number of thiazole rings is 1. The molecule has 33 heavy (non-hydrogen) atoms. The molecule has 8 heteroatoms. The van der Waals surface area contributed by atoms with E-state index in [0.717, 1.165) is 21.1 Å². The van der Waals surface area contributed by atoms with E-state index in [4.69, 9.17) is 26.1 Å². The minimum Gasteiger partial charge on any atom is -0.493 e. The molecule has 168 valence electrons. The summed E-state index contributed by atoms with van der Waals surface area (Å²) in [5.41, 5.74) is 1.40. The Kier molecular flexibility index (Phi) is 6.07. The molecule has 0 aliphatic carbocycles. The second kappa shape index (κ2) is 9.29. The third kappa shape index (κ3) is 4.47. The first-order chi connectivity index (χ1) is 16.1. The first-order valence-electron chi connectivity index (χ1n) is 10.6. The van der Waals surface area contributed by atoms with Crippen LogP contribution in [-0.2, 0) is 0 Å². The summed E-state index contributed by atoms with van der Waals surface area (Å²) < 4.78 is 12.3. The topological polar surface area (TPSA) is 54.9 Å². The van der Waals surface area contributed by atoms with Crippen LogP contribution in [0.25, 0.3) is 10.2 Å². The molecule has 0 unspecified atom stereocenters. The maximum absolute atomic E-state index is 13.1. The number of methoxy groups -OCH3 is 1. The lowest BCUT2D eigenvalue weighted by molar-refractivity contribution is 0.0746. The predicted molar refractivity (Wildman–Crippen MR) is 132 cm³/mol. The van der Waals surface area contributed by atoms with Gasteiger partial charge in [0.15, 0.2) is 10.9 Å². The number of rotatable bonds is 5. The summed E-state index contributed by atoms with van der Waals surface area (Å²) in [4.78, 5) is 22.0. The highest BCUT2D eigenvalue weighted by Crippen LogP contribution is 2.38. The Labute approximate surface area is 200 Å². The van der Waals surface area contributed by atoms with Crippen LogP contribution in [0.3, 0.4) is 0 Å². The van der Waals surface area contributed by atoms with Gasteiger partial charge < -0.3 is 19.3 Å². The lowest BCUT2D eigenvalue weighted by atomic mass is 10.1. The standard InChI is InChI=1S/C25H22ClN3O3S/c1-31-23-20(26)10-11-21-22(23)27-25(33-21)29-14-12-28(13-15-29)24(30)17-6-5-9-19(16-17)32-18-7-3-2-4-8-18/h2-11,16H,12-15H2,1H3. The van der Waals surface area contributed by atoms with Crippen molar-refractivity contribution in [3.63, 3.8) is 0 Å². The lowest BCUT2D eigenvalue weighted by Crippen LogP contribution is -2.48. The molecule has 4 aromatic rings. The Bertz CT molecular complexity index is 1290. The molecule has 3 aromatic carbocycles. The third-order valence-electron chi connectivity index (χ3n) is 5.56. The molecule has 1 aliphatic heterocycles. The van der Waals surface area contributed by atoms with E-state index in [1.165, 1.54) is 0 Å². The number of hydrogen-bond acceptors (Lipinski definition) is 6. The molecule has 6 nitrogen and oxygen atoms in total. The molecule has 1 aliphatic rings. The van der Waals surface area contributed by atoms with Crippen molar-refractivity contribution in [2.24, 2.45) is 0 Å². The van der Waals surface area contributed by atoms with Gasteiger partial charge in [-0.1, -0.05) is 47.2 Å². The van der Waals surface area contributed by atoms with Gasteiger partial charge in [-0.25, -0.2) is 4.98 Å². The largest absolute Gasteiger partial charge is 0.493 e. The van der Waals surface area contributed by atoms with Gasteiger partial charge >= 0.3 is 0 Å². The number of carbonyl (C=O) groups is 1. The van der Waals surface area contributed by atoms with Gasteiger partial charge in [0.1, 0.15) is 17.0 Å². The number of carbonyl (C=O) groups excluding carboxylic acids is 1. The monoisotopic (exact) mass is 479 g/mol. The van der Waals surface area contributed by atoms with E-state index < -0.39 is 0 Å². The van der Waals surface area contributed by atoms with Gasteiger partial charge in [-0.05, 0) is 42.5 Å². The lowest BCUT2D eigenvalue weighted by Gasteiger charge is -2.34. The maximum Gasteiger partial charge on any atom is 0.254 e. The van der Waals surface area contributed by atoms with Crippen LogP contribution in [0.5, 0.6) is 17.2 Å². The molecule has 0 radical (unpaired) electrons. The Morgan fingerprint density at radius 3 is 2.48 bits per heavy atom. The predicted octanol–water partition coefficient (Wildman–Crippen LogP) is 5.71. The summed E-state index contributed by atoms with van der Waals surface area (Å²) in [5, 5.41) is 1.46. The minimum atomic E-state index is 0.00547. The van der Waals surface area contributed by atoms with E-state index in [1.54, 1.807) is 24.5 Å². The zero-order chi connectivity index (χ0) is 22.8. The fourth-order valence-electron chi connectivity index (χ4n) is 3.86. The first-order valence-corrected chi connectivity index (χ1v) is 11.8. The van der Waals surface area contributed by atoms with Gasteiger partial charge in [0.2, 0.25) is 0 Å². The number of aromatic nitrogens is 1. The molecule has 2 heterocycles. The second-order valence-electron chi connectivity index (χ2n) is 7.65. The summed E-state index contributed by atoms with van der Waals surface area (Å²) in [6.07, 6.45) is 0. The number of para-hydroxylation sites is 1. The Morgan fingerprint density at radius 1 is 0.970 bits per heavy atom. The van der Waals surface area contributed by atoms with Crippen LogP contribution < -0.4 is 14.4 Å². The van der Waals surface area contributed by atoms with E-state index in [0.29, 0.717) is 48.3 Å². The van der Waals surface area contributed by atoms with Crippen molar-refractivity contribution in [2.75, 3.05) is 38.2 Å². The first kappa shape index (κ1) is 21.6. The molecule has 1 amide bonds. The van der Waals surface area contributed by atoms with Gasteiger partial charge in [0.25, 0.3) is 5.91 Å². The van der Waals surface area contributed by atoms with E-state index in [1.807, 2.05) is 65.6 Å². The highest BCUT2D eigenvalue weighted by atomic mass is 35.5. The number of amides is 1. The molecular formula is C25H22ClN3O3S. The molecule has 0 bridgehead atoms. The molecule has 1 aromatic heterocycles. The van der Waals surface area contributed by atoms with Crippen LogP contribution in [0.4, 0.5) is 5.13 Å². The minimum absolute atomic E-state index is 0.00547. The van der Waals surface area contributed by atoms with Crippen LogP contribution in [0.2, 0.25) is 5.02 Å². The molecule has 1 saturated heterocycles. The van der Waals surface area contributed by atoms with Crippen LogP contribution in [0.1, 0.15) is 10.4 Å². The molecule has 0 atom stereocenters. The summed E-state index contributed by atoms with van der Waals surface area (Å²) >= 11 is 7.85. The number of hydrogen-bond donors (Lipinski definition) is 0. The average molecular weight is 480 g/mol. The number of nitrogens with zero attached hydrogens (tertiary/aromatic N) is 3. The summed E-state index contributed by atoms with van der Waals surface area (Å²) in [6.45, 7) is 2.66. The SMILES string of the molecule is COc1c(Cl)ccc2sc(N3CCN(C(=O)c4cccc(Oc5ccccc5)c4)CC3)nc12. The zero-order valence-corrected chi connectivity index (χ0v) is 19.6. The Balaban J connectivity index is 1.26. The van der Waals surface area contributed by atoms with Crippen LogP contribution in [0, 0.1) is 0 Å². The van der Waals surface area contributed by atoms with Crippen LogP contribution in [-0.4, -0.2) is 49.1 Å². The smallest absolute Gasteiger partial charge is 0.254 e. The Hall–Kier alpha value is -3.29. The van der Waals surface area contributed by atoms with Crippen molar-refractivity contribution >= 4 is 44.2 Å². The molecule has 0 N–H and O–H groups in total. The van der Waals surface area contributed by atoms with Crippen molar-refractivity contribution in [2.45, 2.75) is 0 Å². The van der Waals surface area contributed by atoms with Gasteiger partial charge in [-0.15, -0.1) is 0 Å². The van der Waals surface area contributed by atoms with Crippen molar-refractivity contribution in [1.29, 1.82) is 0 Å². The van der Waals surface area contributed by atoms with Gasteiger partial charge in [0, 0.05) is 31.7 Å². The molecule has 0 saturated carbocycles. The molecular weight excluding hydrogens is 458 g/mol. The summed E-state index contributed by atoms with van der Waals surface area (Å²) in [5.74, 6) is 1.99. The highest BCUT2D eigenvalue weighted by molar-refractivity contribution is 7.22. The quantitative estimate of drug-likeness (QED) is 0.367. The van der Waals surface area contributed by atoms with Gasteiger partial charge in [-0.3, -0.25) is 4.79 Å². The van der Waals surface area contributed by atoms with E-state index in [-0.39, 0.29) is 5.91 Å². The highest BCUT2D eigenvalue weighted by Gasteiger charge is 2.25.